The number of hydrogen-bond acceptors (Lipinski definition) is 4. The molecule has 1 aliphatic rings. The van der Waals surface area contributed by atoms with Crippen molar-refractivity contribution < 1.29 is 13.2 Å². The number of aliphatic imine (C=N–C) groups is 1. The fourth-order valence-electron chi connectivity index (χ4n) is 2.68. The molecule has 130 valence electrons. The van der Waals surface area contributed by atoms with E-state index in [1.807, 2.05) is 31.2 Å². The van der Waals surface area contributed by atoms with Gasteiger partial charge in [-0.15, -0.1) is 0 Å². The molecule has 0 unspecified atom stereocenters. The first-order valence-electron chi connectivity index (χ1n) is 8.05. The zero-order chi connectivity index (χ0) is 17.9. The second-order valence-electron chi connectivity index (χ2n) is 5.64. The van der Waals surface area contributed by atoms with E-state index in [0.29, 0.717) is 5.56 Å². The molecule has 1 heterocycles. The monoisotopic (exact) mass is 357 g/mol. The summed E-state index contributed by atoms with van der Waals surface area (Å²) in [7, 11) is -3.54. The van der Waals surface area contributed by atoms with E-state index in [4.69, 9.17) is 0 Å². The highest BCUT2D eigenvalue weighted by atomic mass is 32.2. The van der Waals surface area contributed by atoms with Crippen molar-refractivity contribution >= 4 is 27.5 Å². The van der Waals surface area contributed by atoms with Crippen LogP contribution in [0.2, 0.25) is 0 Å². The van der Waals surface area contributed by atoms with Gasteiger partial charge in [0.2, 0.25) is 5.91 Å². The van der Waals surface area contributed by atoms with Gasteiger partial charge >= 0.3 is 0 Å². The lowest BCUT2D eigenvalue weighted by molar-refractivity contribution is -0.116. The summed E-state index contributed by atoms with van der Waals surface area (Å²) >= 11 is 0. The van der Waals surface area contributed by atoms with Crippen LogP contribution in [0.15, 0.2) is 58.4 Å². The van der Waals surface area contributed by atoms with Gasteiger partial charge in [0.05, 0.1) is 11.4 Å². The zero-order valence-electron chi connectivity index (χ0n) is 13.8. The molecule has 6 nitrogen and oxygen atoms in total. The predicted molar refractivity (Wildman–Crippen MR) is 97.2 cm³/mol. The minimum Gasteiger partial charge on any atom is -0.326 e. The molecule has 0 saturated heterocycles. The summed E-state index contributed by atoms with van der Waals surface area (Å²) in [4.78, 5) is 16.6. The lowest BCUT2D eigenvalue weighted by Crippen LogP contribution is -2.23. The summed E-state index contributed by atoms with van der Waals surface area (Å²) in [5.74, 6) is 0.136. The van der Waals surface area contributed by atoms with Crippen molar-refractivity contribution in [2.24, 2.45) is 4.99 Å². The van der Waals surface area contributed by atoms with Crippen molar-refractivity contribution in [2.45, 2.75) is 24.7 Å². The molecule has 0 radical (unpaired) electrons. The van der Waals surface area contributed by atoms with Crippen molar-refractivity contribution in [2.75, 3.05) is 11.9 Å². The quantitative estimate of drug-likeness (QED) is 0.861. The third-order valence-corrected chi connectivity index (χ3v) is 5.34. The minimum atomic E-state index is -3.54. The Hall–Kier alpha value is -2.67. The van der Waals surface area contributed by atoms with Crippen molar-refractivity contribution in [3.8, 4) is 0 Å². The number of nitrogens with one attached hydrogen (secondary N) is 2. The number of fused-ring (bicyclic) bond motifs is 1. The number of nitrogens with zero attached hydrogens (tertiary/aromatic N) is 1. The van der Waals surface area contributed by atoms with Gasteiger partial charge in [0.15, 0.2) is 0 Å². The summed E-state index contributed by atoms with van der Waals surface area (Å²) in [6.45, 7) is 2.23. The first-order chi connectivity index (χ1) is 12.0. The topological polar surface area (TPSA) is 87.6 Å². The number of carbonyl (C=O) groups is 1. The summed E-state index contributed by atoms with van der Waals surface area (Å²) in [6, 6.07) is 14.3. The Morgan fingerprint density at radius 1 is 1.12 bits per heavy atom. The SMILES string of the molecule is CCc1ccccc1NC(=O)CCN=C1NS(=O)(=O)c2ccccc21. The first kappa shape index (κ1) is 17.2. The molecule has 0 spiro atoms. The maximum Gasteiger partial charge on any atom is 0.263 e. The Kier molecular flexibility index (Phi) is 4.85. The number of hydrogen-bond donors (Lipinski definition) is 2. The average molecular weight is 357 g/mol. The zero-order valence-corrected chi connectivity index (χ0v) is 14.6. The van der Waals surface area contributed by atoms with Gasteiger partial charge in [-0.3, -0.25) is 14.5 Å². The van der Waals surface area contributed by atoms with E-state index in [1.54, 1.807) is 18.2 Å². The molecule has 0 bridgehead atoms. The molecule has 1 aliphatic heterocycles. The Balaban J connectivity index is 1.65. The van der Waals surface area contributed by atoms with E-state index >= 15 is 0 Å². The smallest absolute Gasteiger partial charge is 0.263 e. The van der Waals surface area contributed by atoms with Gasteiger partial charge < -0.3 is 5.32 Å². The van der Waals surface area contributed by atoms with Gasteiger partial charge in [0.25, 0.3) is 10.0 Å². The second kappa shape index (κ2) is 7.06. The van der Waals surface area contributed by atoms with Gasteiger partial charge in [-0.1, -0.05) is 37.3 Å². The molecular weight excluding hydrogens is 338 g/mol. The van der Waals surface area contributed by atoms with Crippen LogP contribution >= 0.6 is 0 Å². The van der Waals surface area contributed by atoms with Crippen LogP contribution in [-0.2, 0) is 21.2 Å². The van der Waals surface area contributed by atoms with Crippen molar-refractivity contribution in [1.29, 1.82) is 0 Å². The maximum absolute atomic E-state index is 12.1. The van der Waals surface area contributed by atoms with E-state index in [0.717, 1.165) is 17.7 Å². The molecule has 0 atom stereocenters. The molecule has 25 heavy (non-hydrogen) atoms. The number of aryl methyl sites for hydroxylation is 1. The van der Waals surface area contributed by atoms with Crippen LogP contribution in [-0.4, -0.2) is 26.7 Å². The molecule has 1 amide bonds. The van der Waals surface area contributed by atoms with E-state index in [-0.39, 0.29) is 29.6 Å². The molecule has 2 aromatic rings. The van der Waals surface area contributed by atoms with Crippen LogP contribution in [0.4, 0.5) is 5.69 Å². The molecule has 0 fully saturated rings. The lowest BCUT2D eigenvalue weighted by atomic mass is 10.1. The fourth-order valence-corrected chi connectivity index (χ4v) is 3.93. The molecule has 2 aromatic carbocycles. The number of rotatable bonds is 5. The van der Waals surface area contributed by atoms with Gasteiger partial charge in [-0.2, -0.15) is 0 Å². The summed E-state index contributed by atoms with van der Waals surface area (Å²) in [5, 5.41) is 2.88. The molecule has 0 saturated carbocycles. The summed E-state index contributed by atoms with van der Waals surface area (Å²) in [5.41, 5.74) is 2.41. The Morgan fingerprint density at radius 2 is 1.84 bits per heavy atom. The Morgan fingerprint density at radius 3 is 2.64 bits per heavy atom. The Labute approximate surface area is 147 Å². The van der Waals surface area contributed by atoms with Crippen LogP contribution in [0.25, 0.3) is 0 Å². The number of carbonyl (C=O) groups excluding carboxylic acids is 1. The van der Waals surface area contributed by atoms with E-state index in [1.165, 1.54) is 6.07 Å². The van der Waals surface area contributed by atoms with Gasteiger partial charge in [-0.05, 0) is 30.2 Å². The second-order valence-corrected chi connectivity index (χ2v) is 7.29. The van der Waals surface area contributed by atoms with Gasteiger partial charge in [-0.25, -0.2) is 8.42 Å². The summed E-state index contributed by atoms with van der Waals surface area (Å²) in [6.07, 6.45) is 1.00. The highest BCUT2D eigenvalue weighted by Gasteiger charge is 2.29. The number of amidine groups is 1. The third kappa shape index (κ3) is 3.71. The average Bonchev–Trinajstić information content (AvgIpc) is 2.86. The van der Waals surface area contributed by atoms with Gasteiger partial charge in [0, 0.05) is 17.7 Å². The van der Waals surface area contributed by atoms with Crippen LogP contribution < -0.4 is 10.0 Å². The molecule has 3 rings (SSSR count). The van der Waals surface area contributed by atoms with E-state index in [9.17, 15) is 13.2 Å². The van der Waals surface area contributed by atoms with Crippen LogP contribution in [0.3, 0.4) is 0 Å². The van der Waals surface area contributed by atoms with E-state index < -0.39 is 10.0 Å². The van der Waals surface area contributed by atoms with E-state index in [2.05, 4.69) is 15.0 Å². The van der Waals surface area contributed by atoms with Crippen molar-refractivity contribution in [1.82, 2.24) is 4.72 Å². The number of benzene rings is 2. The number of anilines is 1. The number of para-hydroxylation sites is 1. The first-order valence-corrected chi connectivity index (χ1v) is 9.54. The van der Waals surface area contributed by atoms with Crippen molar-refractivity contribution in [3.05, 3.63) is 59.7 Å². The molecule has 2 N–H and O–H groups in total. The number of amides is 1. The minimum absolute atomic E-state index is 0.153. The van der Waals surface area contributed by atoms with Crippen molar-refractivity contribution in [3.63, 3.8) is 0 Å². The molecular formula is C18H19N3O3S. The Bertz CT molecular complexity index is 936. The molecule has 0 aliphatic carbocycles. The predicted octanol–water partition coefficient (Wildman–Crippen LogP) is 2.32. The lowest BCUT2D eigenvalue weighted by Gasteiger charge is -2.09. The fraction of sp³-hybridized carbons (Fsp3) is 0.222. The number of sulfonamides is 1. The molecule has 0 aromatic heterocycles. The standard InChI is InChI=1S/C18H19N3O3S/c1-2-13-7-3-5-9-15(13)20-17(22)11-12-19-18-14-8-4-6-10-16(14)25(23,24)21-18/h3-10H,2,11-12H2,1H3,(H,19,21)(H,20,22). The summed E-state index contributed by atoms with van der Waals surface area (Å²) < 4.78 is 26.4. The maximum atomic E-state index is 12.1. The molecule has 7 heteroatoms. The van der Waals surface area contributed by atoms with Crippen LogP contribution in [0, 0.1) is 0 Å². The highest BCUT2D eigenvalue weighted by Crippen LogP contribution is 2.22. The van der Waals surface area contributed by atoms with Gasteiger partial charge in [0.1, 0.15) is 5.84 Å². The van der Waals surface area contributed by atoms with Crippen LogP contribution in [0.1, 0.15) is 24.5 Å². The normalized spacial score (nSPS) is 16.3. The largest absolute Gasteiger partial charge is 0.326 e. The van der Waals surface area contributed by atoms with Crippen LogP contribution in [0.5, 0.6) is 0 Å². The third-order valence-electron chi connectivity index (χ3n) is 3.94. The highest BCUT2D eigenvalue weighted by molar-refractivity contribution is 7.90.